The Labute approximate surface area is 136 Å². The van der Waals surface area contributed by atoms with Crippen molar-refractivity contribution in [3.05, 3.63) is 23.3 Å². The molecule has 2 heterocycles. The molecular weight excluding hydrogens is 298 g/mol. The first-order valence-electron chi connectivity index (χ1n) is 7.99. The second-order valence-electron chi connectivity index (χ2n) is 6.09. The van der Waals surface area contributed by atoms with E-state index in [2.05, 4.69) is 37.1 Å². The molecule has 0 radical (unpaired) electrons. The first-order chi connectivity index (χ1) is 10.2. The lowest BCUT2D eigenvalue weighted by Gasteiger charge is -2.30. The third kappa shape index (κ3) is 3.40. The van der Waals surface area contributed by atoms with E-state index in [0.717, 1.165) is 23.2 Å². The lowest BCUT2D eigenvalue weighted by molar-refractivity contribution is 0.531. The first kappa shape index (κ1) is 15.6. The minimum absolute atomic E-state index is 0.434. The smallest absolute Gasteiger partial charge is 0.142 e. The van der Waals surface area contributed by atoms with Gasteiger partial charge in [0, 0.05) is 39.7 Å². The van der Waals surface area contributed by atoms with Gasteiger partial charge in [-0.25, -0.2) is 9.97 Å². The Morgan fingerprint density at radius 1 is 1.24 bits per heavy atom. The average Bonchev–Trinajstić information content (AvgIpc) is 2.71. The molecule has 0 amide bonds. The molecule has 1 aromatic rings. The van der Waals surface area contributed by atoms with Crippen molar-refractivity contribution >= 4 is 23.5 Å². The lowest BCUT2D eigenvalue weighted by Crippen LogP contribution is -2.24. The molecule has 2 aliphatic rings. The molecule has 1 N–H and O–H groups in total. The summed E-state index contributed by atoms with van der Waals surface area (Å²) in [4.78, 5) is 9.70. The number of fused-ring (bicyclic) bond motifs is 1. The molecule has 0 saturated carbocycles. The predicted molar refractivity (Wildman–Crippen MR) is 93.1 cm³/mol. The molecule has 5 heteroatoms. The van der Waals surface area contributed by atoms with Gasteiger partial charge in [-0.15, -0.1) is 11.8 Å². The maximum absolute atomic E-state index is 4.97. The molecule has 116 valence electrons. The summed E-state index contributed by atoms with van der Waals surface area (Å²) >= 11 is 4.11. The fraction of sp³-hybridized carbons (Fsp3) is 0.750. The van der Waals surface area contributed by atoms with Crippen LogP contribution in [-0.4, -0.2) is 33.3 Å². The van der Waals surface area contributed by atoms with Gasteiger partial charge in [0.25, 0.3) is 0 Å². The van der Waals surface area contributed by atoms with Crippen molar-refractivity contribution in [3.63, 3.8) is 0 Å². The molecular formula is C16H25N3S2. The molecule has 1 aliphatic carbocycles. The zero-order chi connectivity index (χ0) is 14.8. The summed E-state index contributed by atoms with van der Waals surface area (Å²) in [6.07, 6.45) is 6.94. The number of hydrogen-bond acceptors (Lipinski definition) is 5. The summed E-state index contributed by atoms with van der Waals surface area (Å²) in [5.74, 6) is 2.20. The van der Waals surface area contributed by atoms with Crippen LogP contribution >= 0.6 is 23.5 Å². The van der Waals surface area contributed by atoms with E-state index in [0.29, 0.717) is 16.5 Å². The monoisotopic (exact) mass is 323 g/mol. The highest BCUT2D eigenvalue weighted by Gasteiger charge is 2.29. The maximum Gasteiger partial charge on any atom is 0.142 e. The van der Waals surface area contributed by atoms with E-state index >= 15 is 0 Å². The summed E-state index contributed by atoms with van der Waals surface area (Å²) in [6, 6.07) is 0.434. The van der Waals surface area contributed by atoms with Gasteiger partial charge in [0.2, 0.25) is 0 Å². The van der Waals surface area contributed by atoms with Gasteiger partial charge in [-0.05, 0) is 26.3 Å². The third-order valence-electron chi connectivity index (χ3n) is 4.64. The number of rotatable bonds is 2. The largest absolute Gasteiger partial charge is 0.313 e. The van der Waals surface area contributed by atoms with Gasteiger partial charge in [-0.2, -0.15) is 11.8 Å². The fourth-order valence-electron chi connectivity index (χ4n) is 3.10. The Bertz CT molecular complexity index is 494. The van der Waals surface area contributed by atoms with E-state index in [4.69, 9.17) is 9.97 Å². The van der Waals surface area contributed by atoms with Gasteiger partial charge in [-0.1, -0.05) is 20.3 Å². The molecule has 3 nitrogen and oxygen atoms in total. The minimum atomic E-state index is 0.434. The number of aromatic nitrogens is 2. The number of thioether (sulfide) groups is 2. The second kappa shape index (κ2) is 6.88. The van der Waals surface area contributed by atoms with Crippen molar-refractivity contribution in [3.8, 4) is 0 Å². The Balaban J connectivity index is 1.83. The van der Waals surface area contributed by atoms with Gasteiger partial charge in [0.15, 0.2) is 0 Å². The van der Waals surface area contributed by atoms with Gasteiger partial charge >= 0.3 is 0 Å². The van der Waals surface area contributed by atoms with Crippen LogP contribution in [0, 0.1) is 0 Å². The Morgan fingerprint density at radius 2 is 2.10 bits per heavy atom. The molecule has 1 fully saturated rings. The number of nitrogens with one attached hydrogen (secondary N) is 1. The highest BCUT2D eigenvalue weighted by atomic mass is 32.2. The fourth-order valence-corrected chi connectivity index (χ4v) is 5.96. The summed E-state index contributed by atoms with van der Waals surface area (Å²) in [7, 11) is 2.05. The zero-order valence-corrected chi connectivity index (χ0v) is 14.8. The normalized spacial score (nSPS) is 33.3. The van der Waals surface area contributed by atoms with Crippen molar-refractivity contribution in [2.75, 3.05) is 12.8 Å². The van der Waals surface area contributed by atoms with Crippen LogP contribution in [0.25, 0.3) is 0 Å². The Kier molecular flexibility index (Phi) is 5.12. The summed E-state index contributed by atoms with van der Waals surface area (Å²) < 4.78 is 0. The molecule has 1 aliphatic heterocycles. The van der Waals surface area contributed by atoms with E-state index in [1.807, 2.05) is 18.8 Å². The quantitative estimate of drug-likeness (QED) is 0.839. The van der Waals surface area contributed by atoms with Crippen LogP contribution in [0.15, 0.2) is 6.20 Å². The van der Waals surface area contributed by atoms with Crippen molar-refractivity contribution in [1.29, 1.82) is 0 Å². The SMILES string of the molecule is CNC1CCCCc2nc(C3CSC(C)C(C)S3)ncc21. The van der Waals surface area contributed by atoms with Crippen molar-refractivity contribution in [2.45, 2.75) is 61.3 Å². The topological polar surface area (TPSA) is 37.8 Å². The average molecular weight is 324 g/mol. The molecule has 1 aromatic heterocycles. The third-order valence-corrected chi connectivity index (χ3v) is 8.02. The molecule has 4 unspecified atom stereocenters. The molecule has 0 bridgehead atoms. The number of aryl methyl sites for hydroxylation is 1. The lowest BCUT2D eigenvalue weighted by atomic mass is 10.1. The molecule has 4 atom stereocenters. The van der Waals surface area contributed by atoms with Crippen LogP contribution in [0.5, 0.6) is 0 Å². The van der Waals surface area contributed by atoms with Gasteiger partial charge < -0.3 is 5.32 Å². The standard InChI is InChI=1S/C16H25N3S2/c1-10-11(2)21-15(9-20-10)16-18-8-12-13(17-3)6-4-5-7-14(12)19-16/h8,10-11,13,15,17H,4-7,9H2,1-3H3. The van der Waals surface area contributed by atoms with Crippen LogP contribution in [0.2, 0.25) is 0 Å². The second-order valence-corrected chi connectivity index (χ2v) is 9.08. The van der Waals surface area contributed by atoms with Gasteiger partial charge in [0.1, 0.15) is 5.82 Å². The van der Waals surface area contributed by atoms with Crippen LogP contribution in [0.4, 0.5) is 0 Å². The predicted octanol–water partition coefficient (Wildman–Crippen LogP) is 3.76. The van der Waals surface area contributed by atoms with E-state index in [1.54, 1.807) is 0 Å². The molecule has 1 saturated heterocycles. The zero-order valence-electron chi connectivity index (χ0n) is 13.1. The molecule has 3 rings (SSSR count). The number of hydrogen-bond donors (Lipinski definition) is 1. The first-order valence-corrected chi connectivity index (χ1v) is 9.98. The van der Waals surface area contributed by atoms with Crippen molar-refractivity contribution in [1.82, 2.24) is 15.3 Å². The van der Waals surface area contributed by atoms with Crippen LogP contribution < -0.4 is 5.32 Å². The molecule has 0 aromatic carbocycles. The summed E-state index contributed by atoms with van der Waals surface area (Å²) in [6.45, 7) is 4.66. The van der Waals surface area contributed by atoms with Gasteiger partial charge in [0.05, 0.1) is 5.25 Å². The Morgan fingerprint density at radius 3 is 2.86 bits per heavy atom. The van der Waals surface area contributed by atoms with Crippen LogP contribution in [0.1, 0.15) is 61.5 Å². The van der Waals surface area contributed by atoms with E-state index < -0.39 is 0 Å². The highest BCUT2D eigenvalue weighted by molar-refractivity contribution is 8.07. The van der Waals surface area contributed by atoms with E-state index in [-0.39, 0.29) is 0 Å². The van der Waals surface area contributed by atoms with Gasteiger partial charge in [-0.3, -0.25) is 0 Å². The van der Waals surface area contributed by atoms with Crippen molar-refractivity contribution in [2.24, 2.45) is 0 Å². The number of nitrogens with zero attached hydrogens (tertiary/aromatic N) is 2. The summed E-state index contributed by atoms with van der Waals surface area (Å²) in [5.41, 5.74) is 2.61. The molecule has 21 heavy (non-hydrogen) atoms. The maximum atomic E-state index is 4.97. The van der Waals surface area contributed by atoms with E-state index in [9.17, 15) is 0 Å². The minimum Gasteiger partial charge on any atom is -0.313 e. The van der Waals surface area contributed by atoms with Crippen LogP contribution in [-0.2, 0) is 6.42 Å². The highest BCUT2D eigenvalue weighted by Crippen LogP contribution is 2.43. The molecule has 0 spiro atoms. The van der Waals surface area contributed by atoms with E-state index in [1.165, 1.54) is 30.5 Å². The summed E-state index contributed by atoms with van der Waals surface area (Å²) in [5, 5.41) is 5.30. The Hall–Kier alpha value is -0.260. The van der Waals surface area contributed by atoms with Crippen LogP contribution in [0.3, 0.4) is 0 Å². The van der Waals surface area contributed by atoms with Crippen molar-refractivity contribution < 1.29 is 0 Å².